The van der Waals surface area contributed by atoms with Gasteiger partial charge in [0, 0.05) is 43.1 Å². The van der Waals surface area contributed by atoms with Crippen LogP contribution < -0.4 is 5.32 Å². The number of rotatable bonds is 2. The van der Waals surface area contributed by atoms with Crippen molar-refractivity contribution in [2.24, 2.45) is 11.3 Å². The Bertz CT molecular complexity index is 352. The van der Waals surface area contributed by atoms with Crippen LogP contribution in [0.15, 0.2) is 0 Å². The highest BCUT2D eigenvalue weighted by Crippen LogP contribution is 2.52. The SMILES string of the molecule is COC(=O)N1CC(N[C@@H]2[C@H]3CCO[C@@H]3C2(C)C)C1. The van der Waals surface area contributed by atoms with Crippen LogP contribution >= 0.6 is 0 Å². The van der Waals surface area contributed by atoms with E-state index in [0.717, 1.165) is 19.7 Å². The maximum absolute atomic E-state index is 11.3. The molecule has 102 valence electrons. The standard InChI is InChI=1S/C13H22N2O3/c1-13(2)10(9-4-5-18-11(9)13)14-8-6-15(7-8)12(16)17-3/h8-11,14H,4-7H2,1-3H3/t9-,10-,11+/m1/s1. The third-order valence-corrected chi connectivity index (χ3v) is 4.83. The van der Waals surface area contributed by atoms with Crippen molar-refractivity contribution in [2.45, 2.75) is 38.5 Å². The van der Waals surface area contributed by atoms with E-state index in [9.17, 15) is 4.79 Å². The van der Waals surface area contributed by atoms with Crippen LogP contribution in [0.3, 0.4) is 0 Å². The van der Waals surface area contributed by atoms with Gasteiger partial charge in [-0.15, -0.1) is 0 Å². The van der Waals surface area contributed by atoms with Crippen molar-refractivity contribution >= 4 is 6.09 Å². The third kappa shape index (κ3) is 1.64. The van der Waals surface area contributed by atoms with E-state index in [4.69, 9.17) is 9.47 Å². The predicted molar refractivity (Wildman–Crippen MR) is 66.3 cm³/mol. The summed E-state index contributed by atoms with van der Waals surface area (Å²) in [5.41, 5.74) is 0.215. The van der Waals surface area contributed by atoms with E-state index < -0.39 is 0 Å². The smallest absolute Gasteiger partial charge is 0.409 e. The molecule has 5 heteroatoms. The van der Waals surface area contributed by atoms with Gasteiger partial charge in [0.2, 0.25) is 0 Å². The number of carbonyl (C=O) groups excluding carboxylic acids is 1. The Hall–Kier alpha value is -0.810. The van der Waals surface area contributed by atoms with Crippen LogP contribution in [0.1, 0.15) is 20.3 Å². The summed E-state index contributed by atoms with van der Waals surface area (Å²) in [4.78, 5) is 13.0. The van der Waals surface area contributed by atoms with Crippen molar-refractivity contribution in [3.05, 3.63) is 0 Å². The van der Waals surface area contributed by atoms with Crippen LogP contribution in [-0.4, -0.2) is 56.0 Å². The molecule has 5 nitrogen and oxygen atoms in total. The topological polar surface area (TPSA) is 50.8 Å². The van der Waals surface area contributed by atoms with Crippen LogP contribution in [0, 0.1) is 11.3 Å². The number of likely N-dealkylation sites (tertiary alicyclic amines) is 1. The van der Waals surface area contributed by atoms with E-state index in [2.05, 4.69) is 19.2 Å². The Morgan fingerprint density at radius 1 is 1.44 bits per heavy atom. The molecule has 3 aliphatic rings. The molecule has 1 aliphatic carbocycles. The van der Waals surface area contributed by atoms with E-state index in [1.165, 1.54) is 13.5 Å². The molecule has 0 radical (unpaired) electrons. The molecule has 1 N–H and O–H groups in total. The first kappa shape index (κ1) is 12.2. The van der Waals surface area contributed by atoms with E-state index in [1.54, 1.807) is 4.90 Å². The molecule has 1 saturated carbocycles. The fourth-order valence-electron chi connectivity index (χ4n) is 3.78. The Balaban J connectivity index is 1.52. The number of methoxy groups -OCH3 is 1. The molecule has 2 heterocycles. The van der Waals surface area contributed by atoms with E-state index in [-0.39, 0.29) is 11.5 Å². The number of ether oxygens (including phenoxy) is 2. The zero-order valence-electron chi connectivity index (χ0n) is 11.3. The molecule has 2 aliphatic heterocycles. The highest BCUT2D eigenvalue weighted by atomic mass is 16.5. The summed E-state index contributed by atoms with van der Waals surface area (Å²) in [5, 5.41) is 3.69. The van der Waals surface area contributed by atoms with Gasteiger partial charge < -0.3 is 19.7 Å². The van der Waals surface area contributed by atoms with Gasteiger partial charge in [0.1, 0.15) is 0 Å². The second-order valence-electron chi connectivity index (χ2n) is 6.28. The quantitative estimate of drug-likeness (QED) is 0.793. The molecule has 0 aromatic carbocycles. The van der Waals surface area contributed by atoms with E-state index >= 15 is 0 Å². The van der Waals surface area contributed by atoms with Crippen LogP contribution in [0.4, 0.5) is 4.79 Å². The van der Waals surface area contributed by atoms with Gasteiger partial charge in [0.05, 0.1) is 13.2 Å². The second kappa shape index (κ2) is 4.10. The van der Waals surface area contributed by atoms with Gasteiger partial charge in [0.25, 0.3) is 0 Å². The molecule has 0 unspecified atom stereocenters. The molecular formula is C13H22N2O3. The number of amides is 1. The lowest BCUT2D eigenvalue weighted by molar-refractivity contribution is -0.119. The maximum atomic E-state index is 11.3. The minimum Gasteiger partial charge on any atom is -0.453 e. The van der Waals surface area contributed by atoms with Crippen molar-refractivity contribution < 1.29 is 14.3 Å². The fraction of sp³-hybridized carbons (Fsp3) is 0.923. The fourth-order valence-corrected chi connectivity index (χ4v) is 3.78. The Labute approximate surface area is 108 Å². The number of hydrogen-bond donors (Lipinski definition) is 1. The van der Waals surface area contributed by atoms with Gasteiger partial charge in [-0.25, -0.2) is 4.79 Å². The monoisotopic (exact) mass is 254 g/mol. The van der Waals surface area contributed by atoms with Crippen molar-refractivity contribution in [1.29, 1.82) is 0 Å². The lowest BCUT2D eigenvalue weighted by Crippen LogP contribution is -2.72. The molecule has 0 bridgehead atoms. The average Bonchev–Trinajstić information content (AvgIpc) is 2.73. The second-order valence-corrected chi connectivity index (χ2v) is 6.28. The highest BCUT2D eigenvalue weighted by molar-refractivity contribution is 5.68. The minimum absolute atomic E-state index is 0.215. The van der Waals surface area contributed by atoms with Crippen LogP contribution in [0.5, 0.6) is 0 Å². The van der Waals surface area contributed by atoms with Crippen LogP contribution in [0.2, 0.25) is 0 Å². The molecule has 0 spiro atoms. The van der Waals surface area contributed by atoms with E-state index in [1.807, 2.05) is 0 Å². The predicted octanol–water partition coefficient (Wildman–Crippen LogP) is 0.840. The average molecular weight is 254 g/mol. The summed E-state index contributed by atoms with van der Waals surface area (Å²) < 4.78 is 10.5. The van der Waals surface area contributed by atoms with Crippen LogP contribution in [0.25, 0.3) is 0 Å². The van der Waals surface area contributed by atoms with Crippen molar-refractivity contribution in [3.63, 3.8) is 0 Å². The van der Waals surface area contributed by atoms with Crippen molar-refractivity contribution in [2.75, 3.05) is 26.8 Å². The zero-order valence-corrected chi connectivity index (χ0v) is 11.3. The number of nitrogens with zero attached hydrogens (tertiary/aromatic N) is 1. The zero-order chi connectivity index (χ0) is 12.9. The van der Waals surface area contributed by atoms with Gasteiger partial charge in [0.15, 0.2) is 0 Å². The third-order valence-electron chi connectivity index (χ3n) is 4.83. The molecular weight excluding hydrogens is 232 g/mol. The van der Waals surface area contributed by atoms with Gasteiger partial charge in [-0.3, -0.25) is 0 Å². The number of hydrogen-bond acceptors (Lipinski definition) is 4. The summed E-state index contributed by atoms with van der Waals surface area (Å²) in [6.07, 6.45) is 1.37. The van der Waals surface area contributed by atoms with Gasteiger partial charge in [-0.2, -0.15) is 0 Å². The first-order chi connectivity index (χ1) is 8.54. The van der Waals surface area contributed by atoms with Crippen LogP contribution in [-0.2, 0) is 9.47 Å². The van der Waals surface area contributed by atoms with E-state index in [0.29, 0.717) is 24.1 Å². The molecule has 1 amide bonds. The Morgan fingerprint density at radius 2 is 2.17 bits per heavy atom. The summed E-state index contributed by atoms with van der Waals surface area (Å²) >= 11 is 0. The number of carbonyl (C=O) groups is 1. The van der Waals surface area contributed by atoms with Gasteiger partial charge in [-0.1, -0.05) is 13.8 Å². The molecule has 3 rings (SSSR count). The minimum atomic E-state index is -0.219. The largest absolute Gasteiger partial charge is 0.453 e. The molecule has 0 aromatic rings. The van der Waals surface area contributed by atoms with Gasteiger partial charge in [-0.05, 0) is 6.42 Å². The summed E-state index contributed by atoms with van der Waals surface area (Å²) in [6.45, 7) is 6.96. The molecule has 18 heavy (non-hydrogen) atoms. The summed E-state index contributed by atoms with van der Waals surface area (Å²) in [6, 6.07) is 0.935. The molecule has 0 aromatic heterocycles. The lowest BCUT2D eigenvalue weighted by Gasteiger charge is -2.57. The Kier molecular flexibility index (Phi) is 2.79. The molecule has 3 atom stereocenters. The number of nitrogens with one attached hydrogen (secondary N) is 1. The summed E-state index contributed by atoms with van der Waals surface area (Å²) in [7, 11) is 1.43. The van der Waals surface area contributed by atoms with Gasteiger partial charge >= 0.3 is 6.09 Å². The Morgan fingerprint density at radius 3 is 2.83 bits per heavy atom. The molecule has 3 fully saturated rings. The highest BCUT2D eigenvalue weighted by Gasteiger charge is 2.59. The first-order valence-electron chi connectivity index (χ1n) is 6.74. The molecule has 2 saturated heterocycles. The first-order valence-corrected chi connectivity index (χ1v) is 6.74. The lowest BCUT2D eigenvalue weighted by atomic mass is 9.57. The van der Waals surface area contributed by atoms with Crippen molar-refractivity contribution in [1.82, 2.24) is 10.2 Å². The number of fused-ring (bicyclic) bond motifs is 1. The maximum Gasteiger partial charge on any atom is 0.409 e. The van der Waals surface area contributed by atoms with Crippen molar-refractivity contribution in [3.8, 4) is 0 Å². The normalized spacial score (nSPS) is 37.7. The summed E-state index contributed by atoms with van der Waals surface area (Å²) in [5.74, 6) is 0.659.